The van der Waals surface area contributed by atoms with Crippen molar-refractivity contribution in [1.29, 1.82) is 0 Å². The first-order valence-corrected chi connectivity index (χ1v) is 6.31. The summed E-state index contributed by atoms with van der Waals surface area (Å²) in [4.78, 5) is 23.1. The number of ether oxygens (including phenoxy) is 1. The van der Waals surface area contributed by atoms with Crippen LogP contribution in [0.3, 0.4) is 0 Å². The van der Waals surface area contributed by atoms with Crippen LogP contribution in [0, 0.1) is 11.8 Å². The van der Waals surface area contributed by atoms with E-state index < -0.39 is 17.8 Å². The smallest absolute Gasteiger partial charge is 0.310 e. The van der Waals surface area contributed by atoms with Crippen molar-refractivity contribution in [2.75, 3.05) is 6.54 Å². The number of carbonyl (C=O) groups is 2. The van der Waals surface area contributed by atoms with Crippen molar-refractivity contribution in [3.05, 3.63) is 0 Å². The van der Waals surface area contributed by atoms with Crippen molar-refractivity contribution in [1.82, 2.24) is 5.32 Å². The van der Waals surface area contributed by atoms with E-state index in [1.54, 1.807) is 0 Å². The fraction of sp³-hybridized carbons (Fsp3) is 0.833. The highest BCUT2D eigenvalue weighted by Gasteiger charge is 2.55. The van der Waals surface area contributed by atoms with Crippen molar-refractivity contribution in [3.63, 3.8) is 0 Å². The third-order valence-electron chi connectivity index (χ3n) is 3.69. The molecule has 2 heterocycles. The molecule has 0 aromatic carbocycles. The summed E-state index contributed by atoms with van der Waals surface area (Å²) in [6.07, 6.45) is 3.05. The molecule has 2 unspecified atom stereocenters. The van der Waals surface area contributed by atoms with Gasteiger partial charge in [-0.1, -0.05) is 13.3 Å². The molecule has 1 amide bonds. The maximum atomic E-state index is 12.0. The highest BCUT2D eigenvalue weighted by molar-refractivity contribution is 5.86. The number of carbonyl (C=O) groups excluding carboxylic acids is 1. The van der Waals surface area contributed by atoms with Gasteiger partial charge in [-0.15, -0.1) is 0 Å². The molecule has 2 fully saturated rings. The molecule has 2 aliphatic rings. The largest absolute Gasteiger partial charge is 0.481 e. The molecule has 5 heteroatoms. The fourth-order valence-corrected chi connectivity index (χ4v) is 2.83. The minimum Gasteiger partial charge on any atom is -0.481 e. The van der Waals surface area contributed by atoms with Gasteiger partial charge in [0.25, 0.3) is 0 Å². The van der Waals surface area contributed by atoms with Gasteiger partial charge in [0.15, 0.2) is 0 Å². The molecule has 2 N–H and O–H groups in total. The number of carboxylic acids is 1. The van der Waals surface area contributed by atoms with E-state index in [9.17, 15) is 9.59 Å². The third kappa shape index (κ3) is 2.29. The zero-order valence-corrected chi connectivity index (χ0v) is 10.0. The zero-order valence-electron chi connectivity index (χ0n) is 10.0. The molecular weight excluding hydrogens is 222 g/mol. The number of amides is 1. The Morgan fingerprint density at radius 3 is 2.53 bits per heavy atom. The summed E-state index contributed by atoms with van der Waals surface area (Å²) in [7, 11) is 0. The second-order valence-electron chi connectivity index (χ2n) is 4.82. The SMILES string of the molecule is CCCCNC(=O)C1C(C(=O)O)[C@H]2CC[C@H]1O2. The molecule has 2 rings (SSSR count). The minimum atomic E-state index is -0.909. The minimum absolute atomic E-state index is 0.155. The van der Waals surface area contributed by atoms with Crippen molar-refractivity contribution in [2.24, 2.45) is 11.8 Å². The van der Waals surface area contributed by atoms with Crippen LogP contribution in [-0.4, -0.2) is 35.7 Å². The first-order chi connectivity index (χ1) is 8.15. The number of unbranched alkanes of at least 4 members (excludes halogenated alkanes) is 1. The summed E-state index contributed by atoms with van der Waals surface area (Å²) in [6, 6.07) is 0. The summed E-state index contributed by atoms with van der Waals surface area (Å²) in [5.74, 6) is -2.22. The lowest BCUT2D eigenvalue weighted by Crippen LogP contribution is -2.44. The Bertz CT molecular complexity index is 318. The maximum Gasteiger partial charge on any atom is 0.310 e. The van der Waals surface area contributed by atoms with E-state index >= 15 is 0 Å². The molecular formula is C12H19NO4. The molecule has 5 nitrogen and oxygen atoms in total. The molecule has 4 atom stereocenters. The standard InChI is InChI=1S/C12H19NO4/c1-2-3-6-13-11(14)9-7-4-5-8(17-7)10(9)12(15)16/h7-10H,2-6H2,1H3,(H,13,14)(H,15,16)/t7-,8-,9?,10?/m1/s1. The number of nitrogens with one attached hydrogen (secondary N) is 1. The normalized spacial score (nSPS) is 34.9. The van der Waals surface area contributed by atoms with Crippen LogP contribution in [0.15, 0.2) is 0 Å². The summed E-state index contributed by atoms with van der Waals surface area (Å²) < 4.78 is 5.54. The van der Waals surface area contributed by atoms with Crippen LogP contribution in [0.4, 0.5) is 0 Å². The summed E-state index contributed by atoms with van der Waals surface area (Å²) in [6.45, 7) is 2.67. The molecule has 96 valence electrons. The second kappa shape index (κ2) is 5.04. The molecule has 2 aliphatic heterocycles. The van der Waals surface area contributed by atoms with Crippen LogP contribution < -0.4 is 5.32 Å². The van der Waals surface area contributed by atoms with Gasteiger partial charge >= 0.3 is 5.97 Å². The second-order valence-corrected chi connectivity index (χ2v) is 4.82. The van der Waals surface area contributed by atoms with Crippen LogP contribution in [-0.2, 0) is 14.3 Å². The number of hydrogen-bond acceptors (Lipinski definition) is 3. The van der Waals surface area contributed by atoms with Crippen molar-refractivity contribution in [2.45, 2.75) is 44.8 Å². The highest BCUT2D eigenvalue weighted by Crippen LogP contribution is 2.43. The summed E-state index contributed by atoms with van der Waals surface area (Å²) in [5, 5.41) is 12.0. The number of fused-ring (bicyclic) bond motifs is 2. The van der Waals surface area contributed by atoms with Gasteiger partial charge in [-0.05, 0) is 19.3 Å². The van der Waals surface area contributed by atoms with Crippen molar-refractivity contribution >= 4 is 11.9 Å². The van der Waals surface area contributed by atoms with Crippen LogP contribution >= 0.6 is 0 Å². The van der Waals surface area contributed by atoms with Gasteiger partial charge in [0, 0.05) is 6.54 Å². The Morgan fingerprint density at radius 2 is 1.94 bits per heavy atom. The Morgan fingerprint density at radius 1 is 1.29 bits per heavy atom. The van der Waals surface area contributed by atoms with Crippen LogP contribution in [0.2, 0.25) is 0 Å². The molecule has 0 saturated carbocycles. The molecule has 2 bridgehead atoms. The lowest BCUT2D eigenvalue weighted by Gasteiger charge is -2.23. The van der Waals surface area contributed by atoms with E-state index in [1.165, 1.54) is 0 Å². The molecule has 0 spiro atoms. The first-order valence-electron chi connectivity index (χ1n) is 6.31. The molecule has 17 heavy (non-hydrogen) atoms. The monoisotopic (exact) mass is 241 g/mol. The van der Waals surface area contributed by atoms with E-state index in [4.69, 9.17) is 9.84 Å². The Kier molecular flexibility index (Phi) is 3.66. The van der Waals surface area contributed by atoms with Crippen LogP contribution in [0.25, 0.3) is 0 Å². The highest BCUT2D eigenvalue weighted by atomic mass is 16.5. The fourth-order valence-electron chi connectivity index (χ4n) is 2.83. The van der Waals surface area contributed by atoms with E-state index in [0.717, 1.165) is 25.7 Å². The first kappa shape index (κ1) is 12.4. The molecule has 0 radical (unpaired) electrons. The van der Waals surface area contributed by atoms with E-state index in [1.807, 2.05) is 6.92 Å². The number of aliphatic carboxylic acids is 1. The van der Waals surface area contributed by atoms with Crippen molar-refractivity contribution in [3.8, 4) is 0 Å². The molecule has 0 aromatic heterocycles. The summed E-state index contributed by atoms with van der Waals surface area (Å²) in [5.41, 5.74) is 0. The van der Waals surface area contributed by atoms with Crippen LogP contribution in [0.5, 0.6) is 0 Å². The Hall–Kier alpha value is -1.10. The van der Waals surface area contributed by atoms with Gasteiger partial charge in [0.1, 0.15) is 0 Å². The van der Waals surface area contributed by atoms with Gasteiger partial charge in [-0.25, -0.2) is 0 Å². The molecule has 0 aromatic rings. The Balaban J connectivity index is 1.98. The predicted molar refractivity (Wildman–Crippen MR) is 60.4 cm³/mol. The quantitative estimate of drug-likeness (QED) is 0.697. The van der Waals surface area contributed by atoms with Gasteiger partial charge in [-0.3, -0.25) is 9.59 Å². The molecule has 2 saturated heterocycles. The van der Waals surface area contributed by atoms with E-state index in [-0.39, 0.29) is 18.1 Å². The molecule has 0 aliphatic carbocycles. The average molecular weight is 241 g/mol. The van der Waals surface area contributed by atoms with Crippen molar-refractivity contribution < 1.29 is 19.4 Å². The van der Waals surface area contributed by atoms with E-state index in [0.29, 0.717) is 6.54 Å². The lowest BCUT2D eigenvalue weighted by molar-refractivity contribution is -0.147. The third-order valence-corrected chi connectivity index (χ3v) is 3.69. The maximum absolute atomic E-state index is 12.0. The van der Waals surface area contributed by atoms with Gasteiger partial charge in [0.2, 0.25) is 5.91 Å². The predicted octanol–water partition coefficient (Wildman–Crippen LogP) is 0.781. The Labute approximate surface area is 101 Å². The number of carboxylic acid groups (broad SMARTS) is 1. The lowest BCUT2D eigenvalue weighted by atomic mass is 9.78. The van der Waals surface area contributed by atoms with Crippen LogP contribution in [0.1, 0.15) is 32.6 Å². The van der Waals surface area contributed by atoms with Gasteiger partial charge < -0.3 is 15.2 Å². The number of hydrogen-bond donors (Lipinski definition) is 2. The van der Waals surface area contributed by atoms with Gasteiger partial charge in [-0.2, -0.15) is 0 Å². The summed E-state index contributed by atoms with van der Waals surface area (Å²) >= 11 is 0. The zero-order chi connectivity index (χ0) is 12.4. The topological polar surface area (TPSA) is 75.6 Å². The van der Waals surface area contributed by atoms with Gasteiger partial charge in [0.05, 0.1) is 24.0 Å². The van der Waals surface area contributed by atoms with E-state index in [2.05, 4.69) is 5.32 Å². The average Bonchev–Trinajstić information content (AvgIpc) is 2.88. The number of rotatable bonds is 5.